The van der Waals surface area contributed by atoms with Gasteiger partial charge in [-0.05, 0) is 13.3 Å². The molecule has 10 rings (SSSR count). The van der Waals surface area contributed by atoms with Crippen molar-refractivity contribution in [2.75, 3.05) is 66.1 Å². The lowest BCUT2D eigenvalue weighted by Crippen LogP contribution is -2.71. The molecule has 20 unspecified atom stereocenters. The molecule has 129 heavy (non-hydrogen) atoms. The number of amides is 4. The van der Waals surface area contributed by atoms with Gasteiger partial charge in [-0.1, -0.05) is 6.92 Å². The molecule has 9 aliphatic heterocycles. The van der Waals surface area contributed by atoms with Crippen molar-refractivity contribution in [3.05, 3.63) is 0 Å². The van der Waals surface area contributed by atoms with Crippen LogP contribution >= 0.6 is 0 Å². The zero-order valence-corrected chi connectivity index (χ0v) is 70.3. The zero-order chi connectivity index (χ0) is 95.1. The summed E-state index contributed by atoms with van der Waals surface area (Å²) in [6.45, 7) is -4.39. The summed E-state index contributed by atoms with van der Waals surface area (Å²) >= 11 is 0. The number of hydrogen-bond acceptors (Lipinski definition) is 51. The van der Waals surface area contributed by atoms with Gasteiger partial charge in [0.15, 0.2) is 44.0 Å². The Balaban J connectivity index is 0.973. The van der Waals surface area contributed by atoms with Crippen molar-refractivity contribution in [1.82, 2.24) is 21.3 Å². The number of carbonyl (C=O) groups is 5. The standard InChI is InChI=1S/C74H124N4O51/c1-20-27(93)8-74(112-19-88,128-58(20)42(95)28(94)10-80)129-64-46(99)33(14-84)116-71(57(64)110)125-62-36(17-87)120-68(41(51(62)104)78-25(6)92)127-66-54(107)45(98)32(13-83)118-73(66)126-63-47(100)37(121-70(56(63)109)124-61-35(16-86)119-67(40(50(61)103)77-24(5)91)123-60-34(15-85)113-21(2)38(48(60)101)75-22(3)89)18-111-72-65(53(106)44(97)31(12-82)117-72)114-29-7-26(9-79)59(49(102)39(29)76-23(4)90)122-69-55(108)52(105)43(96)30(11-81)115-69/h19-21,26-73,79-87,93-110H,7-18H2,1-6H3,(H,75,89)(H,76,90)(H,77,91)(H,78,92)/t20-,21+,26+,27-,28-,29-,30?,31?,32?,33?,34?,35?,36?,37?,38?,39?,40?,41?,42-,43+,44-,45-,46+,47-,48-,49?,50-,51-,52+,53+,54?,55?,56?,57?,58?,59-,60-,61-,62-,63+,64+,65?,66?,67+,68+,69+,70+,71+,72+,73-,74+/m1/s1. The Morgan fingerprint density at radius 2 is 0.744 bits per heavy atom. The summed E-state index contributed by atoms with van der Waals surface area (Å²) in [6, 6.07) is -6.92. The van der Waals surface area contributed by atoms with Crippen LogP contribution in [0.5, 0.6) is 0 Å². The van der Waals surface area contributed by atoms with Crippen LogP contribution < -0.4 is 21.3 Å². The van der Waals surface area contributed by atoms with E-state index in [1.807, 2.05) is 0 Å². The van der Waals surface area contributed by atoms with Crippen LogP contribution in [0.1, 0.15) is 54.4 Å². The van der Waals surface area contributed by atoms with Gasteiger partial charge in [0.05, 0.1) is 108 Å². The lowest BCUT2D eigenvalue weighted by Gasteiger charge is -2.51. The molecule has 10 fully saturated rings. The average Bonchev–Trinajstić information content (AvgIpc) is 0.748. The molecule has 55 heteroatoms. The fourth-order valence-electron chi connectivity index (χ4n) is 17.5. The molecule has 1 saturated carbocycles. The lowest BCUT2D eigenvalue weighted by molar-refractivity contribution is -0.448. The van der Waals surface area contributed by atoms with Crippen LogP contribution in [-0.4, -0.2) is 534 Å². The van der Waals surface area contributed by atoms with Gasteiger partial charge in [0.2, 0.25) is 23.6 Å². The minimum Gasteiger partial charge on any atom is -0.410 e. The second-order valence-corrected chi connectivity index (χ2v) is 33.4. The Hall–Kier alpha value is -4.45. The van der Waals surface area contributed by atoms with E-state index in [1.165, 1.54) is 13.8 Å². The van der Waals surface area contributed by atoms with Crippen molar-refractivity contribution >= 4 is 30.1 Å². The van der Waals surface area contributed by atoms with Gasteiger partial charge in [0.25, 0.3) is 6.47 Å². The van der Waals surface area contributed by atoms with Gasteiger partial charge < -0.3 is 249 Å². The normalized spacial score (nSPS) is 48.1. The summed E-state index contributed by atoms with van der Waals surface area (Å²) in [5.74, 6) is -8.82. The molecule has 0 bridgehead atoms. The zero-order valence-electron chi connectivity index (χ0n) is 70.3. The van der Waals surface area contributed by atoms with Gasteiger partial charge in [0, 0.05) is 46.1 Å². The molecule has 10 aliphatic rings. The number of rotatable bonds is 36. The van der Waals surface area contributed by atoms with Crippen LogP contribution in [0.15, 0.2) is 0 Å². The van der Waals surface area contributed by atoms with E-state index in [1.54, 1.807) is 0 Å². The maximum atomic E-state index is 13.3. The minimum atomic E-state index is -2.89. The molecule has 4 amide bonds. The highest BCUT2D eigenvalue weighted by Gasteiger charge is 2.63. The molecule has 31 N–H and O–H groups in total. The molecule has 9 heterocycles. The quantitative estimate of drug-likeness (QED) is 0.0205. The van der Waals surface area contributed by atoms with Crippen molar-refractivity contribution in [2.24, 2.45) is 11.8 Å². The Labute approximate surface area is 733 Å². The minimum absolute atomic E-state index is 0.256. The van der Waals surface area contributed by atoms with E-state index in [-0.39, 0.29) is 6.47 Å². The monoisotopic (exact) mass is 1880 g/mol. The number of carbonyl (C=O) groups excluding carboxylic acids is 5. The molecule has 0 aromatic rings. The summed E-state index contributed by atoms with van der Waals surface area (Å²) in [5, 5.41) is 314. The van der Waals surface area contributed by atoms with Gasteiger partial charge in [-0.15, -0.1) is 0 Å². The van der Waals surface area contributed by atoms with E-state index >= 15 is 0 Å². The Morgan fingerprint density at radius 1 is 0.372 bits per heavy atom. The van der Waals surface area contributed by atoms with Crippen LogP contribution in [0.4, 0.5) is 0 Å². The Bertz CT molecular complexity index is 3510. The molecule has 51 atom stereocenters. The van der Waals surface area contributed by atoms with E-state index in [4.69, 9.17) is 90.0 Å². The van der Waals surface area contributed by atoms with Crippen molar-refractivity contribution in [2.45, 2.75) is 354 Å². The van der Waals surface area contributed by atoms with Crippen molar-refractivity contribution in [3.8, 4) is 0 Å². The van der Waals surface area contributed by atoms with E-state index in [0.29, 0.717) is 0 Å². The highest BCUT2D eigenvalue weighted by atomic mass is 16.9. The number of hydrogen-bond donors (Lipinski definition) is 31. The first-order valence-corrected chi connectivity index (χ1v) is 41.8. The highest BCUT2D eigenvalue weighted by molar-refractivity contribution is 5.74. The predicted octanol–water partition coefficient (Wildman–Crippen LogP) is -20.0. The van der Waals surface area contributed by atoms with E-state index < -0.39 is 414 Å². The van der Waals surface area contributed by atoms with Gasteiger partial charge in [-0.25, -0.2) is 0 Å². The van der Waals surface area contributed by atoms with Crippen LogP contribution in [0.3, 0.4) is 0 Å². The molecule has 0 radical (unpaired) electrons. The van der Waals surface area contributed by atoms with Crippen LogP contribution in [0.2, 0.25) is 0 Å². The van der Waals surface area contributed by atoms with Crippen LogP contribution in [0.25, 0.3) is 0 Å². The van der Waals surface area contributed by atoms with E-state index in [0.717, 1.165) is 27.7 Å². The highest BCUT2D eigenvalue weighted by Crippen LogP contribution is 2.44. The number of nitrogens with one attached hydrogen (secondary N) is 4. The maximum Gasteiger partial charge on any atom is 0.332 e. The number of aliphatic hydroxyl groups excluding tert-OH is 27. The van der Waals surface area contributed by atoms with Gasteiger partial charge >= 0.3 is 5.97 Å². The van der Waals surface area contributed by atoms with Crippen LogP contribution in [-0.2, 0) is 114 Å². The predicted molar refractivity (Wildman–Crippen MR) is 403 cm³/mol. The number of ether oxygens (including phenoxy) is 19. The van der Waals surface area contributed by atoms with Crippen molar-refractivity contribution < 1.29 is 252 Å². The smallest absolute Gasteiger partial charge is 0.332 e. The average molecular weight is 1890 g/mol. The topological polar surface area (TPSA) is 855 Å². The maximum absolute atomic E-state index is 13.3. The molecule has 0 spiro atoms. The SMILES string of the molecule is CC(=O)NC1[C@H](O[C@@H]2C(CO)O[C@@H](C)C(NC(C)=O)[C@H]2O)OC(CO)[C@@H](O[C@@H]2OC(CO[C@H]3OC(CO)[C@@H](O)[C@H](O)C3O[C@@H]3C[C@@H](CO)[C@@H](O[C@@H]4OC(CO)[C@H](O)[C@H](O)C4O)C(O)C3NC(C)=O)[C@@H](O)[C@H](O[C@H]3OC(CO)[C@@H](O)C(O)C3O[C@@H]3OC(CO)[C@@H](O[C@@H]4OC(CO)[C@H](O)[C@H](O[C@]5(OC=O)C[C@@H](O)[C@@H](C)C([C@H](O)[C@H](O)CO)O5)C4O)[C@H](O)C3NC(C)=O)C2O)[C@@H]1O. The summed E-state index contributed by atoms with van der Waals surface area (Å²) in [7, 11) is 0. The Morgan fingerprint density at radius 3 is 1.22 bits per heavy atom. The fraction of sp³-hybridized carbons (Fsp3) is 0.932. The summed E-state index contributed by atoms with van der Waals surface area (Å²) < 4.78 is 114. The molecule has 746 valence electrons. The first-order chi connectivity index (χ1) is 61.0. The third kappa shape index (κ3) is 23.7. The molecule has 9 saturated heterocycles. The first-order valence-electron chi connectivity index (χ1n) is 41.8. The Kier molecular flexibility index (Phi) is 38.5. The third-order valence-corrected chi connectivity index (χ3v) is 24.5. The second kappa shape index (κ2) is 46.6. The van der Waals surface area contributed by atoms with Gasteiger partial charge in [0.1, 0.15) is 207 Å². The molecule has 0 aromatic heterocycles. The van der Waals surface area contributed by atoms with E-state index in [2.05, 4.69) is 21.3 Å². The van der Waals surface area contributed by atoms with Gasteiger partial charge in [-0.2, -0.15) is 0 Å². The van der Waals surface area contributed by atoms with E-state index in [9.17, 15) is 162 Å². The summed E-state index contributed by atoms with van der Waals surface area (Å²) in [6.07, 6.45) is -91.7. The molecular weight excluding hydrogens is 1760 g/mol. The van der Waals surface area contributed by atoms with Crippen molar-refractivity contribution in [3.63, 3.8) is 0 Å². The van der Waals surface area contributed by atoms with Gasteiger partial charge in [-0.3, -0.25) is 24.0 Å². The second-order valence-electron chi connectivity index (χ2n) is 33.4. The summed E-state index contributed by atoms with van der Waals surface area (Å²) in [5.41, 5.74) is 0. The van der Waals surface area contributed by atoms with Crippen molar-refractivity contribution in [1.29, 1.82) is 0 Å². The molecule has 55 nitrogen and oxygen atoms in total. The summed E-state index contributed by atoms with van der Waals surface area (Å²) in [4.78, 5) is 63.9. The fourth-order valence-corrected chi connectivity index (χ4v) is 17.5. The van der Waals surface area contributed by atoms with Crippen LogP contribution in [0, 0.1) is 11.8 Å². The third-order valence-electron chi connectivity index (χ3n) is 24.5. The largest absolute Gasteiger partial charge is 0.410 e. The molecular formula is C74H124N4O51. The first kappa shape index (κ1) is 107. The lowest BCUT2D eigenvalue weighted by atomic mass is 9.79. The number of aliphatic hydroxyl groups is 27. The molecule has 0 aromatic carbocycles. The molecule has 1 aliphatic carbocycles.